The number of ether oxygens (including phenoxy) is 2. The predicted molar refractivity (Wildman–Crippen MR) is 315 cm³/mol. The molecule has 0 radical (unpaired) electrons. The quantitative estimate of drug-likeness (QED) is 0.0108. The van der Waals surface area contributed by atoms with Gasteiger partial charge in [0.15, 0.2) is 11.5 Å². The number of aliphatic hydroxyl groups excluding tert-OH is 7. The maximum atomic E-state index is 14.7. The third-order valence-electron chi connectivity index (χ3n) is 15.4. The number of carbonyl (C=O) groups is 8. The molecule has 92 heavy (non-hydrogen) atoms. The van der Waals surface area contributed by atoms with E-state index in [4.69, 9.17) is 19.4 Å². The molecule has 32 nitrogen and oxygen atoms in total. The van der Waals surface area contributed by atoms with Gasteiger partial charge in [0.1, 0.15) is 64.2 Å². The van der Waals surface area contributed by atoms with Crippen molar-refractivity contribution in [3.63, 3.8) is 0 Å². The van der Waals surface area contributed by atoms with Crippen molar-refractivity contribution in [3.8, 4) is 38.4 Å². The summed E-state index contributed by atoms with van der Waals surface area (Å²) in [6, 6.07) is 3.91. The Labute approximate surface area is 557 Å². The van der Waals surface area contributed by atoms with Gasteiger partial charge in [0.2, 0.25) is 41.4 Å². The average Bonchev–Trinajstić information content (AvgIpc) is 1.60. The van der Waals surface area contributed by atoms with E-state index in [-0.39, 0.29) is 53.0 Å². The van der Waals surface area contributed by atoms with Crippen LogP contribution >= 0.6 is 23.7 Å². The van der Waals surface area contributed by atoms with Crippen LogP contribution in [0, 0.1) is 5.92 Å². The molecular weight excluding hydrogens is 1260 g/mol. The van der Waals surface area contributed by atoms with Crippen LogP contribution in [0.1, 0.15) is 80.8 Å². The van der Waals surface area contributed by atoms with E-state index in [1.54, 1.807) is 19.2 Å². The van der Waals surface area contributed by atoms with Gasteiger partial charge in [-0.25, -0.2) is 0 Å². The van der Waals surface area contributed by atoms with Gasteiger partial charge in [-0.1, -0.05) is 42.9 Å². The molecule has 1 aromatic heterocycles. The zero-order valence-corrected chi connectivity index (χ0v) is 54.0. The van der Waals surface area contributed by atoms with Gasteiger partial charge < -0.3 is 102 Å². The summed E-state index contributed by atoms with van der Waals surface area (Å²) in [6.07, 6.45) is -12.3. The van der Waals surface area contributed by atoms with E-state index in [2.05, 4.69) is 46.2 Å². The average molecular weight is 1340 g/mol. The van der Waals surface area contributed by atoms with E-state index in [9.17, 15) is 84.5 Å². The first-order valence-corrected chi connectivity index (χ1v) is 30.3. The van der Waals surface area contributed by atoms with Gasteiger partial charge in [0.25, 0.3) is 18.2 Å². The third kappa shape index (κ3) is 19.4. The first kappa shape index (κ1) is 74.3. The van der Waals surface area contributed by atoms with Gasteiger partial charge in [0, 0.05) is 68.8 Å². The second kappa shape index (κ2) is 35.0. The second-order valence-electron chi connectivity index (χ2n) is 22.1. The number of primary amides is 1. The Bertz CT molecular complexity index is 3180. The number of phenols is 1. The maximum Gasteiger partial charge on any atom is 1.00 e. The summed E-state index contributed by atoms with van der Waals surface area (Å²) in [5, 5.41) is 125. The number of aromatic hydroxyl groups is 1. The number of aliphatic hydroxyl groups is 7. The molecule has 0 saturated carbocycles. The molecule has 7 rings (SSSR count). The van der Waals surface area contributed by atoms with E-state index in [1.807, 2.05) is 24.3 Å². The van der Waals surface area contributed by atoms with Crippen molar-refractivity contribution in [2.24, 2.45) is 11.7 Å². The van der Waals surface area contributed by atoms with Crippen molar-refractivity contribution in [1.29, 1.82) is 0 Å². The van der Waals surface area contributed by atoms with Crippen LogP contribution in [0.5, 0.6) is 17.2 Å². The number of unbranched alkanes of at least 4 members (excludes halogenated alkanes) is 3. The van der Waals surface area contributed by atoms with Crippen LogP contribution in [0.15, 0.2) is 66.7 Å². The number of carbonyl (C=O) groups excluding carboxylic acids is 8. The number of hydrogen-bond acceptors (Lipinski definition) is 26. The molecule has 0 spiro atoms. The Morgan fingerprint density at radius 2 is 1.40 bits per heavy atom. The number of fused-ring (bicyclic) bond motifs is 2. The van der Waals surface area contributed by atoms with E-state index >= 15 is 0 Å². The van der Waals surface area contributed by atoms with Crippen LogP contribution in [0.2, 0.25) is 0 Å². The Morgan fingerprint density at radius 1 is 0.783 bits per heavy atom. The van der Waals surface area contributed by atoms with Crippen LogP contribution < -0.4 is 76.1 Å². The molecule has 0 aliphatic carbocycles. The van der Waals surface area contributed by atoms with Crippen LogP contribution in [-0.2, 0) is 47.7 Å². The summed E-state index contributed by atoms with van der Waals surface area (Å²) in [6.45, 7) is 1.95. The smallest absolute Gasteiger partial charge is 0.691 e. The number of amides is 8. The maximum absolute atomic E-state index is 14.7. The van der Waals surface area contributed by atoms with Gasteiger partial charge in [-0.05, 0) is 80.3 Å². The van der Waals surface area contributed by atoms with Gasteiger partial charge >= 0.3 is 29.6 Å². The van der Waals surface area contributed by atoms with Crippen LogP contribution in [0.25, 0.3) is 21.1 Å². The van der Waals surface area contributed by atoms with E-state index in [0.717, 1.165) is 72.8 Å². The molecule has 3 aliphatic heterocycles. The number of hydrogen-bond donors (Lipinski definition) is 14. The van der Waals surface area contributed by atoms with Gasteiger partial charge in [-0.2, -0.15) is 0 Å². The molecule has 14 atom stereocenters. The monoisotopic (exact) mass is 1340 g/mol. The fourth-order valence-electron chi connectivity index (χ4n) is 10.5. The molecular formula is C57H73N10NaO22S2. The molecule has 3 fully saturated rings. The topological polar surface area (TPSA) is 486 Å². The summed E-state index contributed by atoms with van der Waals surface area (Å²) in [5.41, 5.74) is 6.34. The van der Waals surface area contributed by atoms with Crippen LogP contribution in [0.4, 0.5) is 0 Å². The minimum Gasteiger partial charge on any atom is -0.691 e. The number of benzene rings is 3. The Hall–Kier alpha value is -6.71. The minimum absolute atomic E-state index is 0. The fraction of sp³-hybridized carbons (Fsp3) is 0.509. The summed E-state index contributed by atoms with van der Waals surface area (Å²) in [7, 11) is 1.68. The second-order valence-corrected chi connectivity index (χ2v) is 23.5. The molecule has 4 heterocycles. The molecule has 496 valence electrons. The summed E-state index contributed by atoms with van der Waals surface area (Å²) < 4.78 is 20.0. The summed E-state index contributed by atoms with van der Waals surface area (Å²) in [4.78, 5) is 115. The number of phenolic OH excluding ortho intramolecular Hbond substituents is 1. The minimum atomic E-state index is -2.54. The number of methoxy groups -OCH3 is 1. The van der Waals surface area contributed by atoms with Gasteiger partial charge in [0.05, 0.1) is 43.5 Å². The van der Waals surface area contributed by atoms with Crippen molar-refractivity contribution < 1.29 is 137 Å². The Kier molecular flexibility index (Phi) is 28.3. The largest absolute Gasteiger partial charge is 1.00 e. The first-order chi connectivity index (χ1) is 43.4. The van der Waals surface area contributed by atoms with E-state index in [1.165, 1.54) is 30.4 Å². The molecule has 4 aromatic rings. The predicted octanol–water partition coefficient (Wildman–Crippen LogP) is -6.35. The molecule has 15 N–H and O–H groups in total. The van der Waals surface area contributed by atoms with Crippen LogP contribution in [-0.4, -0.2) is 221 Å². The molecule has 13 unspecified atom stereocenters. The van der Waals surface area contributed by atoms with E-state index in [0.29, 0.717) is 27.9 Å². The SMILES string of the molecule is COCCCCCCOc1ccc(-c2nnc(-c3ccc(C(=O)N[C@H]4CC(O)CNC(=O)C5C(O)C(C)CN5C(=O)C(C(O)CC(N)=O)NC(=O)C(C(O)C(O)c5ccc(O)c(OSOO[O-])c5)NC(=O)C5CC(O)CN5C(=O)C(C(C)O)NC4=O)cc3)s2)cc1.[Na+]. The molecule has 3 aromatic carbocycles. The molecule has 3 aliphatic rings. The molecule has 3 saturated heterocycles. The van der Waals surface area contributed by atoms with Crippen molar-refractivity contribution >= 4 is 70.9 Å². The molecule has 8 amide bonds. The van der Waals surface area contributed by atoms with Crippen molar-refractivity contribution in [2.45, 2.75) is 138 Å². The van der Waals surface area contributed by atoms with Gasteiger partial charge in [-0.3, -0.25) is 43.4 Å². The number of nitrogens with zero attached hydrogens (tertiary/aromatic N) is 4. The van der Waals surface area contributed by atoms with Crippen molar-refractivity contribution in [3.05, 3.63) is 77.9 Å². The number of aromatic nitrogens is 2. The molecule has 0 bridgehead atoms. The Morgan fingerprint density at radius 3 is 2.03 bits per heavy atom. The fourth-order valence-corrected chi connectivity index (χ4v) is 11.6. The number of nitrogens with two attached hydrogens (primary N) is 1. The standard InChI is InChI=1S/C57H74N10O22S2.Na/c1-27-25-67-45(46(27)74)53(81)59-24-33(69)21-36(60-49(77)29-8-10-30(11-9-29)54-64-65-55(90-54)31-12-15-35(16-13-31)86-19-7-5-4-6-18-85-3)50(78)61-42(28(2)68)56(82)66-26-34(70)22-37(66)51(79)63-44(52(80)62-43(57(67)83)39(72)23-41(58)73)48(76)47(75)32-14-17-38(71)40(20-32)87-91-89-88-84;/h8-17,20,27-28,33-34,36-37,39,42-48,68-72,74-76,84H,4-7,18-19,21-26H2,1-3H3,(H2,58,73)(H,59,81)(H,60,77)(H,61,78)(H,62,80)(H,63,79);/q;+1/p-1/t27?,28?,33?,34?,36-,37?,39?,42?,43?,44?,45?,46?,47?,48?;/m0./s1. The van der Waals surface area contributed by atoms with Crippen LogP contribution in [0.3, 0.4) is 0 Å². The number of nitrogens with one attached hydrogen (secondary N) is 5. The first-order valence-electron chi connectivity index (χ1n) is 28.8. The van der Waals surface area contributed by atoms with Crippen molar-refractivity contribution in [1.82, 2.24) is 46.6 Å². The summed E-state index contributed by atoms with van der Waals surface area (Å²) >= 11 is 1.19. The number of rotatable bonds is 23. The van der Waals surface area contributed by atoms with Gasteiger partial charge in [-0.15, -0.1) is 14.5 Å². The van der Waals surface area contributed by atoms with E-state index < -0.39 is 183 Å². The summed E-state index contributed by atoms with van der Waals surface area (Å²) in [5.74, 6) is -11.3. The van der Waals surface area contributed by atoms with Crippen molar-refractivity contribution in [2.75, 3.05) is 40.0 Å². The number of β-amino-alcohol motifs (C(OH)–C–C–N with tert-alkyl or cyclic N) is 1. The third-order valence-corrected chi connectivity index (χ3v) is 16.8. The zero-order chi connectivity index (χ0) is 66.2. The normalized spacial score (nSPS) is 24.9. The Balaban J connectivity index is 0.0000134. The zero-order valence-electron chi connectivity index (χ0n) is 50.4. The molecule has 35 heteroatoms.